The second-order valence-corrected chi connectivity index (χ2v) is 7.54. The molecule has 0 radical (unpaired) electrons. The number of allylic oxidation sites excluding steroid dienone is 7. The highest BCUT2D eigenvalue weighted by molar-refractivity contribution is 6.00. The van der Waals surface area contributed by atoms with Crippen molar-refractivity contribution in [2.75, 3.05) is 19.5 Å². The van der Waals surface area contributed by atoms with E-state index in [1.54, 1.807) is 20.2 Å². The first-order chi connectivity index (χ1) is 17.1. The van der Waals surface area contributed by atoms with E-state index in [-0.39, 0.29) is 5.91 Å². The van der Waals surface area contributed by atoms with Gasteiger partial charge in [0.15, 0.2) is 6.40 Å². The van der Waals surface area contributed by atoms with Crippen molar-refractivity contribution in [3.63, 3.8) is 0 Å². The first kappa shape index (κ1) is 25.1. The van der Waals surface area contributed by atoms with Gasteiger partial charge in [-0.1, -0.05) is 48.7 Å². The summed E-state index contributed by atoms with van der Waals surface area (Å²) >= 11 is 0. The molecule has 0 saturated carbocycles. The average molecular weight is 465 g/mol. The summed E-state index contributed by atoms with van der Waals surface area (Å²) in [6.07, 6.45) is 13.7. The van der Waals surface area contributed by atoms with Crippen LogP contribution in [0.4, 0.5) is 5.69 Å². The number of aliphatic imine (C=N–C) groups is 1. The third kappa shape index (κ3) is 7.76. The topological polar surface area (TPSA) is 59.9 Å². The Morgan fingerprint density at radius 1 is 1.17 bits per heavy atom. The number of carbonyl (C=O) groups excluding carboxylic acids is 1. The lowest BCUT2D eigenvalue weighted by atomic mass is 9.99. The van der Waals surface area contributed by atoms with Gasteiger partial charge in [0.25, 0.3) is 0 Å². The summed E-state index contributed by atoms with van der Waals surface area (Å²) in [6, 6.07) is 15.5. The Labute approximate surface area is 206 Å². The van der Waals surface area contributed by atoms with Gasteiger partial charge in [0.1, 0.15) is 11.5 Å². The maximum atomic E-state index is 12.6. The summed E-state index contributed by atoms with van der Waals surface area (Å²) in [7, 11) is 3.28. The summed E-state index contributed by atoms with van der Waals surface area (Å²) < 4.78 is 10.6. The van der Waals surface area contributed by atoms with E-state index >= 15 is 0 Å². The Kier molecular flexibility index (Phi) is 9.47. The van der Waals surface area contributed by atoms with Crippen LogP contribution in [0.15, 0.2) is 119 Å². The molecule has 1 N–H and O–H groups in total. The van der Waals surface area contributed by atoms with Gasteiger partial charge in [-0.05, 0) is 71.2 Å². The van der Waals surface area contributed by atoms with E-state index in [9.17, 15) is 4.79 Å². The fourth-order valence-electron chi connectivity index (χ4n) is 3.35. The van der Waals surface area contributed by atoms with Crippen molar-refractivity contribution in [3.8, 4) is 5.75 Å². The van der Waals surface area contributed by atoms with Crippen molar-refractivity contribution in [1.82, 2.24) is 0 Å². The van der Waals surface area contributed by atoms with Crippen LogP contribution in [-0.4, -0.2) is 26.5 Å². The van der Waals surface area contributed by atoms with Gasteiger partial charge in [-0.25, -0.2) is 0 Å². The van der Waals surface area contributed by atoms with Gasteiger partial charge < -0.3 is 14.8 Å². The highest BCUT2D eigenvalue weighted by atomic mass is 16.5. The maximum Gasteiger partial charge on any atom is 0.248 e. The molecule has 2 aromatic rings. The molecule has 1 amide bonds. The molecular formula is C30H28N2O3. The Hall–Kier alpha value is -4.56. The van der Waals surface area contributed by atoms with Gasteiger partial charge in [0, 0.05) is 25.2 Å². The Morgan fingerprint density at radius 2 is 1.94 bits per heavy atom. The SMILES string of the molecule is C=C=C(CCc1ccc(NC(=O)/C=C/C2=C(c3ccc(OC)cc3)C=CC=C=C2)cc1)OC=NC. The van der Waals surface area contributed by atoms with Gasteiger partial charge in [0.2, 0.25) is 5.91 Å². The van der Waals surface area contributed by atoms with E-state index in [0.29, 0.717) is 12.2 Å². The molecule has 0 heterocycles. The second kappa shape index (κ2) is 13.2. The molecule has 5 nitrogen and oxygen atoms in total. The van der Waals surface area contributed by atoms with Gasteiger partial charge >= 0.3 is 0 Å². The van der Waals surface area contributed by atoms with Crippen LogP contribution in [0.25, 0.3) is 5.57 Å². The summed E-state index contributed by atoms with van der Waals surface area (Å²) in [5.41, 5.74) is 10.6. The minimum atomic E-state index is -0.214. The highest BCUT2D eigenvalue weighted by Crippen LogP contribution is 2.25. The number of benzene rings is 2. The van der Waals surface area contributed by atoms with E-state index in [1.165, 1.54) is 12.5 Å². The van der Waals surface area contributed by atoms with Crippen LogP contribution in [0, 0.1) is 0 Å². The van der Waals surface area contributed by atoms with Crippen LogP contribution in [0.2, 0.25) is 0 Å². The first-order valence-corrected chi connectivity index (χ1v) is 11.1. The monoisotopic (exact) mass is 464 g/mol. The average Bonchev–Trinajstić information content (AvgIpc) is 3.14. The van der Waals surface area contributed by atoms with Crippen molar-refractivity contribution < 1.29 is 14.3 Å². The molecule has 0 saturated heterocycles. The van der Waals surface area contributed by atoms with Gasteiger partial charge in [0.05, 0.1) is 7.11 Å². The number of amides is 1. The number of anilines is 1. The molecule has 1 aliphatic rings. The fourth-order valence-corrected chi connectivity index (χ4v) is 3.35. The van der Waals surface area contributed by atoms with Crippen LogP contribution in [-0.2, 0) is 16.0 Å². The van der Waals surface area contributed by atoms with Crippen LogP contribution in [0.1, 0.15) is 17.5 Å². The van der Waals surface area contributed by atoms with Crippen LogP contribution >= 0.6 is 0 Å². The lowest BCUT2D eigenvalue weighted by molar-refractivity contribution is -0.111. The lowest BCUT2D eigenvalue weighted by Gasteiger charge is -2.08. The molecule has 0 spiro atoms. The van der Waals surface area contributed by atoms with E-state index in [2.05, 4.69) is 28.4 Å². The molecule has 5 heteroatoms. The molecule has 3 rings (SSSR count). The van der Waals surface area contributed by atoms with Crippen molar-refractivity contribution in [2.24, 2.45) is 4.99 Å². The summed E-state index contributed by atoms with van der Waals surface area (Å²) in [5, 5.41) is 2.90. The third-order valence-corrected chi connectivity index (χ3v) is 5.18. The smallest absolute Gasteiger partial charge is 0.248 e. The van der Waals surface area contributed by atoms with Gasteiger partial charge in [-0.3, -0.25) is 9.79 Å². The lowest BCUT2D eigenvalue weighted by Crippen LogP contribution is -2.08. The van der Waals surface area contributed by atoms with Crippen LogP contribution < -0.4 is 10.1 Å². The number of nitrogens with zero attached hydrogens (tertiary/aromatic N) is 1. The van der Waals surface area contributed by atoms with E-state index in [4.69, 9.17) is 9.47 Å². The summed E-state index contributed by atoms with van der Waals surface area (Å²) in [4.78, 5) is 16.4. The number of carbonyl (C=O) groups is 1. The molecular weight excluding hydrogens is 436 g/mol. The van der Waals surface area contributed by atoms with Crippen molar-refractivity contribution in [3.05, 3.63) is 125 Å². The van der Waals surface area contributed by atoms with E-state index < -0.39 is 0 Å². The maximum absolute atomic E-state index is 12.6. The molecule has 0 fully saturated rings. The number of ether oxygens (including phenoxy) is 2. The van der Waals surface area contributed by atoms with Gasteiger partial charge in [-0.2, -0.15) is 0 Å². The van der Waals surface area contributed by atoms with Gasteiger partial charge in [-0.15, -0.1) is 5.73 Å². The number of aryl methyl sites for hydroxylation is 1. The minimum absolute atomic E-state index is 0.214. The molecule has 176 valence electrons. The standard InChI is InChI=1S/C30H28N2O3/c1-4-27(35-22-31-2)18-12-23-10-16-26(17-11-23)32-30(33)21-15-24-8-6-5-7-9-29(24)25-13-19-28(34-3)20-14-25/h5,7-11,13-17,19-22H,1,12,18H2,2-3H3,(H,32,33)/b21-15+,31-22?. The van der Waals surface area contributed by atoms with Crippen molar-refractivity contribution in [1.29, 1.82) is 0 Å². The molecule has 0 atom stereocenters. The minimum Gasteiger partial charge on any atom is -0.497 e. The van der Waals surface area contributed by atoms with E-state index in [0.717, 1.165) is 40.1 Å². The predicted molar refractivity (Wildman–Crippen MR) is 142 cm³/mol. The third-order valence-electron chi connectivity index (χ3n) is 5.18. The van der Waals surface area contributed by atoms with Crippen molar-refractivity contribution >= 4 is 23.6 Å². The number of rotatable bonds is 10. The molecule has 35 heavy (non-hydrogen) atoms. The molecule has 0 aliphatic heterocycles. The number of hydrogen-bond acceptors (Lipinski definition) is 4. The van der Waals surface area contributed by atoms with Crippen LogP contribution in [0.3, 0.4) is 0 Å². The largest absolute Gasteiger partial charge is 0.497 e. The molecule has 1 aliphatic carbocycles. The zero-order valence-electron chi connectivity index (χ0n) is 20.0. The second-order valence-electron chi connectivity index (χ2n) is 7.54. The normalized spacial score (nSPS) is 12.6. The fraction of sp³-hybridized carbons (Fsp3) is 0.133. The number of methoxy groups -OCH3 is 1. The molecule has 2 aromatic carbocycles. The number of hydrogen-bond donors (Lipinski definition) is 1. The zero-order valence-corrected chi connectivity index (χ0v) is 20.0. The molecule has 0 unspecified atom stereocenters. The van der Waals surface area contributed by atoms with E-state index in [1.807, 2.05) is 72.8 Å². The first-order valence-electron chi connectivity index (χ1n) is 11.1. The Bertz CT molecular complexity index is 1260. The summed E-state index contributed by atoms with van der Waals surface area (Å²) in [6.45, 7) is 3.64. The Balaban J connectivity index is 1.65. The molecule has 0 aromatic heterocycles. The Morgan fingerprint density at radius 3 is 2.63 bits per heavy atom. The zero-order chi connectivity index (χ0) is 24.9. The summed E-state index contributed by atoms with van der Waals surface area (Å²) in [5.74, 6) is 1.22. The highest BCUT2D eigenvalue weighted by Gasteiger charge is 2.06. The number of nitrogens with one attached hydrogen (secondary N) is 1. The van der Waals surface area contributed by atoms with Crippen molar-refractivity contribution in [2.45, 2.75) is 12.8 Å². The van der Waals surface area contributed by atoms with Crippen LogP contribution in [0.5, 0.6) is 5.75 Å². The molecule has 0 bridgehead atoms. The quantitative estimate of drug-likeness (QED) is 0.150. The predicted octanol–water partition coefficient (Wildman–Crippen LogP) is 6.20.